The molecule has 2 aromatic rings. The number of H-pyrrole nitrogens is 1. The van der Waals surface area contributed by atoms with Crippen molar-refractivity contribution in [2.75, 3.05) is 0 Å². The first kappa shape index (κ1) is 15.8. The lowest BCUT2D eigenvalue weighted by atomic mass is 9.81. The van der Waals surface area contributed by atoms with Crippen molar-refractivity contribution in [3.05, 3.63) is 52.6 Å². The molecule has 3 aliphatic rings. The van der Waals surface area contributed by atoms with E-state index in [0.717, 1.165) is 19.3 Å². The fraction of sp³-hybridized carbons (Fsp3) is 0.476. The molecular formula is C21H23N3O2. The SMILES string of the molecule is O=C(NC1CCCC1)[C@H]1[C@H](c2nc3ccccc3c(=O)[nH]2)[C@@H]2C=C[C@@H]1C2. The van der Waals surface area contributed by atoms with E-state index in [1.807, 2.05) is 18.2 Å². The van der Waals surface area contributed by atoms with Crippen LogP contribution in [0.15, 0.2) is 41.2 Å². The van der Waals surface area contributed by atoms with Crippen LogP contribution in [0.5, 0.6) is 0 Å². The van der Waals surface area contributed by atoms with Crippen molar-refractivity contribution in [1.29, 1.82) is 0 Å². The quantitative estimate of drug-likeness (QED) is 0.837. The van der Waals surface area contributed by atoms with Crippen LogP contribution < -0.4 is 10.9 Å². The largest absolute Gasteiger partial charge is 0.353 e. The summed E-state index contributed by atoms with van der Waals surface area (Å²) in [5.41, 5.74) is 0.584. The van der Waals surface area contributed by atoms with Crippen LogP contribution in [-0.2, 0) is 4.79 Å². The lowest BCUT2D eigenvalue weighted by Crippen LogP contribution is -2.41. The van der Waals surface area contributed by atoms with E-state index in [2.05, 4.69) is 22.5 Å². The molecule has 5 rings (SSSR count). The highest BCUT2D eigenvalue weighted by atomic mass is 16.2. The number of nitrogens with zero attached hydrogens (tertiary/aromatic N) is 1. The van der Waals surface area contributed by atoms with Crippen molar-refractivity contribution in [3.63, 3.8) is 0 Å². The van der Waals surface area contributed by atoms with E-state index in [9.17, 15) is 9.59 Å². The Labute approximate surface area is 151 Å². The van der Waals surface area contributed by atoms with Crippen LogP contribution in [0, 0.1) is 17.8 Å². The number of para-hydroxylation sites is 1. The van der Waals surface area contributed by atoms with Crippen LogP contribution in [0.2, 0.25) is 0 Å². The van der Waals surface area contributed by atoms with E-state index in [4.69, 9.17) is 4.98 Å². The molecule has 2 bridgehead atoms. The standard InChI is InChI=1S/C21H23N3O2/c25-20-15-7-3-4-8-16(15)23-19(24-20)17-12-9-10-13(11-12)18(17)21(26)22-14-5-1-2-6-14/h3-4,7-10,12-14,17-18H,1-2,5-6,11H2,(H,22,26)(H,23,24,25)/t12-,13-,17-,18-/m1/s1. The summed E-state index contributed by atoms with van der Waals surface area (Å²) in [6.07, 6.45) is 9.92. The van der Waals surface area contributed by atoms with Crippen molar-refractivity contribution < 1.29 is 4.79 Å². The van der Waals surface area contributed by atoms with Crippen molar-refractivity contribution in [2.45, 2.75) is 44.1 Å². The highest BCUT2D eigenvalue weighted by Gasteiger charge is 2.50. The van der Waals surface area contributed by atoms with Gasteiger partial charge in [-0.1, -0.05) is 37.1 Å². The van der Waals surface area contributed by atoms with Gasteiger partial charge in [0.25, 0.3) is 5.56 Å². The van der Waals surface area contributed by atoms with Gasteiger partial charge in [0.1, 0.15) is 5.82 Å². The smallest absolute Gasteiger partial charge is 0.258 e. The number of hydrogen-bond acceptors (Lipinski definition) is 3. The van der Waals surface area contributed by atoms with Gasteiger partial charge in [-0.2, -0.15) is 0 Å². The van der Waals surface area contributed by atoms with E-state index in [0.29, 0.717) is 22.8 Å². The molecule has 1 heterocycles. The molecule has 1 amide bonds. The Balaban J connectivity index is 1.51. The average Bonchev–Trinajstić information content (AvgIpc) is 3.38. The molecule has 5 heteroatoms. The summed E-state index contributed by atoms with van der Waals surface area (Å²) in [6, 6.07) is 7.70. The molecule has 0 aliphatic heterocycles. The number of nitrogens with one attached hydrogen (secondary N) is 2. The highest BCUT2D eigenvalue weighted by Crippen LogP contribution is 2.52. The van der Waals surface area contributed by atoms with Gasteiger partial charge in [-0.25, -0.2) is 4.98 Å². The van der Waals surface area contributed by atoms with Gasteiger partial charge in [-0.15, -0.1) is 0 Å². The molecular weight excluding hydrogens is 326 g/mol. The minimum atomic E-state index is -0.130. The van der Waals surface area contributed by atoms with Crippen molar-refractivity contribution in [1.82, 2.24) is 15.3 Å². The van der Waals surface area contributed by atoms with Crippen molar-refractivity contribution in [3.8, 4) is 0 Å². The summed E-state index contributed by atoms with van der Waals surface area (Å²) in [6.45, 7) is 0. The maximum Gasteiger partial charge on any atom is 0.258 e. The molecule has 26 heavy (non-hydrogen) atoms. The van der Waals surface area contributed by atoms with Gasteiger partial charge in [0, 0.05) is 12.0 Å². The molecule has 2 saturated carbocycles. The minimum absolute atomic E-state index is 0.0382. The topological polar surface area (TPSA) is 74.8 Å². The average molecular weight is 349 g/mol. The van der Waals surface area contributed by atoms with Gasteiger partial charge in [-0.05, 0) is 43.2 Å². The third kappa shape index (κ3) is 2.49. The predicted molar refractivity (Wildman–Crippen MR) is 99.7 cm³/mol. The maximum atomic E-state index is 13.1. The van der Waals surface area contributed by atoms with Crippen molar-refractivity contribution >= 4 is 16.8 Å². The van der Waals surface area contributed by atoms with Gasteiger partial charge in [-0.3, -0.25) is 9.59 Å². The zero-order valence-electron chi connectivity index (χ0n) is 14.7. The Bertz CT molecular complexity index is 942. The first-order valence-corrected chi connectivity index (χ1v) is 9.68. The summed E-state index contributed by atoms with van der Waals surface area (Å²) in [4.78, 5) is 33.3. The lowest BCUT2D eigenvalue weighted by molar-refractivity contribution is -0.127. The molecule has 2 N–H and O–H groups in total. The van der Waals surface area contributed by atoms with Crippen LogP contribution in [-0.4, -0.2) is 21.9 Å². The summed E-state index contributed by atoms with van der Waals surface area (Å²) in [7, 11) is 0. The Morgan fingerprint density at radius 3 is 2.73 bits per heavy atom. The number of carbonyl (C=O) groups is 1. The molecule has 2 fully saturated rings. The zero-order valence-corrected chi connectivity index (χ0v) is 14.7. The van der Waals surface area contributed by atoms with E-state index in [1.165, 1.54) is 12.8 Å². The number of aromatic amines is 1. The van der Waals surface area contributed by atoms with Crippen LogP contribution in [0.4, 0.5) is 0 Å². The number of hydrogen-bond donors (Lipinski definition) is 2. The summed E-state index contributed by atoms with van der Waals surface area (Å²) < 4.78 is 0. The summed E-state index contributed by atoms with van der Waals surface area (Å²) in [5, 5.41) is 3.86. The second kappa shape index (κ2) is 6.08. The number of allylic oxidation sites excluding steroid dienone is 2. The first-order valence-electron chi connectivity index (χ1n) is 9.68. The summed E-state index contributed by atoms with van der Waals surface area (Å²) >= 11 is 0. The van der Waals surface area contributed by atoms with Gasteiger partial charge in [0.2, 0.25) is 5.91 Å². The van der Waals surface area contributed by atoms with Gasteiger partial charge in [0.15, 0.2) is 0 Å². The monoisotopic (exact) mass is 349 g/mol. The molecule has 134 valence electrons. The zero-order chi connectivity index (χ0) is 17.7. The van der Waals surface area contributed by atoms with Gasteiger partial charge >= 0.3 is 0 Å². The van der Waals surface area contributed by atoms with Crippen LogP contribution in [0.25, 0.3) is 10.9 Å². The fourth-order valence-electron chi connectivity index (χ4n) is 5.18. The second-order valence-corrected chi connectivity index (χ2v) is 7.96. The molecule has 0 radical (unpaired) electrons. The third-order valence-electron chi connectivity index (χ3n) is 6.41. The number of carbonyl (C=O) groups excluding carboxylic acids is 1. The summed E-state index contributed by atoms with van der Waals surface area (Å²) in [5.74, 6) is 1.16. The van der Waals surface area contributed by atoms with E-state index < -0.39 is 0 Å². The Kier molecular flexibility index (Phi) is 3.69. The normalized spacial score (nSPS) is 30.3. The van der Waals surface area contributed by atoms with E-state index in [1.54, 1.807) is 6.07 Å². The highest BCUT2D eigenvalue weighted by molar-refractivity contribution is 5.82. The third-order valence-corrected chi connectivity index (χ3v) is 6.41. The van der Waals surface area contributed by atoms with E-state index >= 15 is 0 Å². The molecule has 0 unspecified atom stereocenters. The molecule has 3 aliphatic carbocycles. The number of benzene rings is 1. The maximum absolute atomic E-state index is 13.1. The Hall–Kier alpha value is -2.43. The van der Waals surface area contributed by atoms with Crippen molar-refractivity contribution in [2.24, 2.45) is 17.8 Å². The lowest BCUT2D eigenvalue weighted by Gasteiger charge is -2.27. The van der Waals surface area contributed by atoms with Crippen LogP contribution in [0.1, 0.15) is 43.8 Å². The number of aromatic nitrogens is 2. The minimum Gasteiger partial charge on any atom is -0.353 e. The molecule has 5 nitrogen and oxygen atoms in total. The van der Waals surface area contributed by atoms with Crippen LogP contribution >= 0.6 is 0 Å². The van der Waals surface area contributed by atoms with E-state index in [-0.39, 0.29) is 35.1 Å². The Morgan fingerprint density at radius 1 is 1.12 bits per heavy atom. The fourth-order valence-corrected chi connectivity index (χ4v) is 5.18. The Morgan fingerprint density at radius 2 is 1.88 bits per heavy atom. The molecule has 1 aromatic heterocycles. The first-order chi connectivity index (χ1) is 12.7. The molecule has 1 aromatic carbocycles. The number of amides is 1. The van der Waals surface area contributed by atoms with Gasteiger partial charge < -0.3 is 10.3 Å². The number of rotatable bonds is 3. The molecule has 4 atom stereocenters. The molecule has 0 saturated heterocycles. The van der Waals surface area contributed by atoms with Gasteiger partial charge in [0.05, 0.1) is 16.8 Å². The molecule has 0 spiro atoms. The predicted octanol–water partition coefficient (Wildman–Crippen LogP) is 2.89. The van der Waals surface area contributed by atoms with Crippen LogP contribution in [0.3, 0.4) is 0 Å². The number of fused-ring (bicyclic) bond motifs is 3. The second-order valence-electron chi connectivity index (χ2n) is 7.96.